The number of aryl methyl sites for hydroxylation is 1. The molecule has 0 atom stereocenters. The topological polar surface area (TPSA) is 88.8 Å². The minimum atomic E-state index is -0.447. The maximum atomic E-state index is 11.9. The van der Waals surface area contributed by atoms with E-state index < -0.39 is 5.43 Å². The number of hydrogen-bond acceptors (Lipinski definition) is 5. The Bertz CT molecular complexity index is 708. The first kappa shape index (κ1) is 15.8. The second-order valence-electron chi connectivity index (χ2n) is 4.58. The predicted molar refractivity (Wildman–Crippen MR) is 80.8 cm³/mol. The Morgan fingerprint density at radius 3 is 2.82 bits per heavy atom. The van der Waals surface area contributed by atoms with Crippen LogP contribution in [0.3, 0.4) is 0 Å². The van der Waals surface area contributed by atoms with Crippen molar-refractivity contribution in [1.82, 2.24) is 0 Å². The number of carbonyl (C=O) groups excluding carboxylic acids is 1. The Morgan fingerprint density at radius 2 is 2.14 bits per heavy atom. The zero-order chi connectivity index (χ0) is 15.9. The molecule has 0 aliphatic heterocycles. The number of aliphatic hydroxyl groups is 1. The van der Waals surface area contributed by atoms with Crippen LogP contribution < -0.4 is 15.5 Å². The maximum Gasteiger partial charge on any atom is 0.262 e. The molecule has 0 radical (unpaired) electrons. The van der Waals surface area contributed by atoms with Crippen molar-refractivity contribution >= 4 is 11.6 Å². The van der Waals surface area contributed by atoms with Gasteiger partial charge in [0.15, 0.2) is 6.61 Å². The van der Waals surface area contributed by atoms with Crippen molar-refractivity contribution in [3.63, 3.8) is 0 Å². The van der Waals surface area contributed by atoms with Crippen LogP contribution in [-0.2, 0) is 17.8 Å². The van der Waals surface area contributed by atoms with Gasteiger partial charge in [0, 0.05) is 11.8 Å². The molecule has 2 N–H and O–H groups in total. The monoisotopic (exact) mass is 303 g/mol. The van der Waals surface area contributed by atoms with Crippen molar-refractivity contribution in [2.24, 2.45) is 0 Å². The van der Waals surface area contributed by atoms with Crippen LogP contribution in [0, 0.1) is 0 Å². The average Bonchev–Trinajstić information content (AvgIpc) is 2.54. The molecule has 6 heteroatoms. The lowest BCUT2D eigenvalue weighted by molar-refractivity contribution is -0.118. The molecule has 0 aliphatic carbocycles. The summed E-state index contributed by atoms with van der Waals surface area (Å²) in [6.45, 7) is 1.32. The molecule has 0 spiro atoms. The lowest BCUT2D eigenvalue weighted by Gasteiger charge is -2.10. The van der Waals surface area contributed by atoms with E-state index in [0.29, 0.717) is 0 Å². The van der Waals surface area contributed by atoms with E-state index in [1.807, 2.05) is 25.1 Å². The highest BCUT2D eigenvalue weighted by Gasteiger charge is 2.09. The Morgan fingerprint density at radius 1 is 1.36 bits per heavy atom. The van der Waals surface area contributed by atoms with E-state index in [4.69, 9.17) is 14.3 Å². The third kappa shape index (κ3) is 3.95. The Hall–Kier alpha value is -2.60. The number of anilines is 1. The van der Waals surface area contributed by atoms with Gasteiger partial charge in [-0.15, -0.1) is 0 Å². The third-order valence-electron chi connectivity index (χ3n) is 3.04. The SMILES string of the molecule is CCc1ccccc1NC(=O)COc1coc(CO)cc1=O. The minimum absolute atomic E-state index is 0.0730. The van der Waals surface area contributed by atoms with E-state index in [9.17, 15) is 9.59 Å². The molecule has 2 aromatic rings. The molecular formula is C16H17NO5. The van der Waals surface area contributed by atoms with E-state index in [0.717, 1.165) is 30.0 Å². The van der Waals surface area contributed by atoms with Crippen LogP contribution in [0.25, 0.3) is 0 Å². The summed E-state index contributed by atoms with van der Waals surface area (Å²) in [6, 6.07) is 8.59. The fourth-order valence-electron chi connectivity index (χ4n) is 1.91. The lowest BCUT2D eigenvalue weighted by Crippen LogP contribution is -2.22. The molecule has 0 fully saturated rings. The number of ether oxygens (including phenoxy) is 1. The smallest absolute Gasteiger partial charge is 0.262 e. The summed E-state index contributed by atoms with van der Waals surface area (Å²) in [5, 5.41) is 11.6. The predicted octanol–water partition coefficient (Wildman–Crippen LogP) is 1.71. The van der Waals surface area contributed by atoms with Gasteiger partial charge in [-0.2, -0.15) is 0 Å². The molecule has 2 rings (SSSR count). The molecule has 1 heterocycles. The van der Waals surface area contributed by atoms with Crippen molar-refractivity contribution in [2.45, 2.75) is 20.0 Å². The molecule has 0 unspecified atom stereocenters. The van der Waals surface area contributed by atoms with Crippen molar-refractivity contribution in [3.05, 3.63) is 58.1 Å². The van der Waals surface area contributed by atoms with E-state index in [-0.39, 0.29) is 30.6 Å². The molecule has 116 valence electrons. The molecule has 0 saturated carbocycles. The highest BCUT2D eigenvalue weighted by molar-refractivity contribution is 5.92. The number of rotatable bonds is 6. The van der Waals surface area contributed by atoms with Crippen LogP contribution in [0.5, 0.6) is 5.75 Å². The summed E-state index contributed by atoms with van der Waals surface area (Å²) in [5.74, 6) is -0.304. The number of para-hydroxylation sites is 1. The number of carbonyl (C=O) groups is 1. The lowest BCUT2D eigenvalue weighted by atomic mass is 10.1. The van der Waals surface area contributed by atoms with E-state index >= 15 is 0 Å². The highest BCUT2D eigenvalue weighted by atomic mass is 16.5. The van der Waals surface area contributed by atoms with Crippen molar-refractivity contribution in [2.75, 3.05) is 11.9 Å². The number of aliphatic hydroxyl groups excluding tert-OH is 1. The van der Waals surface area contributed by atoms with Crippen LogP contribution in [0.1, 0.15) is 18.2 Å². The first-order valence-corrected chi connectivity index (χ1v) is 6.87. The first-order valence-electron chi connectivity index (χ1n) is 6.87. The van der Waals surface area contributed by atoms with Crippen LogP contribution in [0.4, 0.5) is 5.69 Å². The van der Waals surface area contributed by atoms with Crippen molar-refractivity contribution in [3.8, 4) is 5.75 Å². The van der Waals surface area contributed by atoms with Crippen LogP contribution in [0.15, 0.2) is 45.8 Å². The molecule has 1 aromatic carbocycles. The summed E-state index contributed by atoms with van der Waals surface area (Å²) in [4.78, 5) is 23.5. The zero-order valence-corrected chi connectivity index (χ0v) is 12.2. The Kier molecular flexibility index (Phi) is 5.32. The van der Waals surface area contributed by atoms with Crippen LogP contribution >= 0.6 is 0 Å². The summed E-state index contributed by atoms with van der Waals surface area (Å²) in [6.07, 6.45) is 1.88. The van der Waals surface area contributed by atoms with Crippen molar-refractivity contribution < 1.29 is 19.1 Å². The van der Waals surface area contributed by atoms with Crippen LogP contribution in [-0.4, -0.2) is 17.6 Å². The van der Waals surface area contributed by atoms with E-state index in [1.165, 1.54) is 0 Å². The quantitative estimate of drug-likeness (QED) is 0.848. The maximum absolute atomic E-state index is 11.9. The van der Waals surface area contributed by atoms with Gasteiger partial charge in [0.1, 0.15) is 18.6 Å². The normalized spacial score (nSPS) is 10.3. The first-order chi connectivity index (χ1) is 10.6. The van der Waals surface area contributed by atoms with E-state index in [2.05, 4.69) is 5.32 Å². The van der Waals surface area contributed by atoms with Gasteiger partial charge in [-0.3, -0.25) is 9.59 Å². The zero-order valence-electron chi connectivity index (χ0n) is 12.2. The molecule has 1 aromatic heterocycles. The molecular weight excluding hydrogens is 286 g/mol. The number of benzene rings is 1. The number of hydrogen-bond donors (Lipinski definition) is 2. The molecule has 0 aliphatic rings. The molecule has 0 bridgehead atoms. The Balaban J connectivity index is 1.97. The molecule has 22 heavy (non-hydrogen) atoms. The van der Waals surface area contributed by atoms with Gasteiger partial charge in [-0.25, -0.2) is 0 Å². The average molecular weight is 303 g/mol. The fourth-order valence-corrected chi connectivity index (χ4v) is 1.91. The third-order valence-corrected chi connectivity index (χ3v) is 3.04. The Labute approximate surface area is 127 Å². The van der Waals surface area contributed by atoms with E-state index in [1.54, 1.807) is 6.07 Å². The standard InChI is InChI=1S/C16H17NO5/c1-2-11-5-3-4-6-13(11)17-16(20)10-22-15-9-21-12(8-18)7-14(15)19/h3-7,9,18H,2,8,10H2,1H3,(H,17,20). The second kappa shape index (κ2) is 7.42. The molecule has 6 nitrogen and oxygen atoms in total. The van der Waals surface area contributed by atoms with Gasteiger partial charge in [-0.1, -0.05) is 25.1 Å². The van der Waals surface area contributed by atoms with Gasteiger partial charge in [0.2, 0.25) is 11.2 Å². The summed E-state index contributed by atoms with van der Waals surface area (Å²) < 4.78 is 10.1. The minimum Gasteiger partial charge on any atom is -0.477 e. The van der Waals surface area contributed by atoms with Crippen molar-refractivity contribution in [1.29, 1.82) is 0 Å². The fraction of sp³-hybridized carbons (Fsp3) is 0.250. The second-order valence-corrected chi connectivity index (χ2v) is 4.58. The summed E-state index contributed by atoms with van der Waals surface area (Å²) in [5.41, 5.74) is 1.29. The highest BCUT2D eigenvalue weighted by Crippen LogP contribution is 2.15. The molecule has 1 amide bonds. The number of amides is 1. The summed E-state index contributed by atoms with van der Waals surface area (Å²) >= 11 is 0. The van der Waals surface area contributed by atoms with Gasteiger partial charge in [0.05, 0.1) is 0 Å². The largest absolute Gasteiger partial charge is 0.477 e. The number of nitrogens with one attached hydrogen (secondary N) is 1. The van der Waals surface area contributed by atoms with Gasteiger partial charge >= 0.3 is 0 Å². The van der Waals surface area contributed by atoms with Gasteiger partial charge in [-0.05, 0) is 18.1 Å². The summed E-state index contributed by atoms with van der Waals surface area (Å²) in [7, 11) is 0. The molecule has 0 saturated heterocycles. The van der Waals surface area contributed by atoms with Crippen LogP contribution in [0.2, 0.25) is 0 Å². The van der Waals surface area contributed by atoms with Gasteiger partial charge in [0.25, 0.3) is 5.91 Å². The van der Waals surface area contributed by atoms with Gasteiger partial charge < -0.3 is 19.6 Å².